The molecule has 0 aliphatic heterocycles. The fourth-order valence-corrected chi connectivity index (χ4v) is 3.97. The third-order valence-electron chi connectivity index (χ3n) is 5.42. The highest BCUT2D eigenvalue weighted by Crippen LogP contribution is 2.40. The average Bonchev–Trinajstić information content (AvgIpc) is 2.89. The van der Waals surface area contributed by atoms with Crippen molar-refractivity contribution in [1.82, 2.24) is 0 Å². The number of benzene rings is 5. The molecule has 2 heteroatoms. The van der Waals surface area contributed by atoms with E-state index in [1.807, 2.05) is 0 Å². The third kappa shape index (κ3) is 3.99. The van der Waals surface area contributed by atoms with E-state index in [9.17, 15) is 0 Å². The van der Waals surface area contributed by atoms with Gasteiger partial charge in [0, 0.05) is 5.56 Å². The largest absolute Gasteiger partial charge is 0.249 e. The molecule has 0 aliphatic carbocycles. The van der Waals surface area contributed by atoms with Gasteiger partial charge in [-0.1, -0.05) is 103 Å². The lowest BCUT2D eigenvalue weighted by Crippen LogP contribution is -2.36. The standard InChI is InChI=1S/C30H24N2/c1-5-15-25(16-6-1)29-23-13-14-24-30(29)32(28-21-11-4-12-22-28)31(26-17-7-2-8-18-26)27-19-9-3-10-20-27/h1-24H. The Morgan fingerprint density at radius 3 is 1.19 bits per heavy atom. The van der Waals surface area contributed by atoms with Crippen molar-refractivity contribution in [3.05, 3.63) is 146 Å². The van der Waals surface area contributed by atoms with E-state index in [1.54, 1.807) is 0 Å². The van der Waals surface area contributed by atoms with Crippen molar-refractivity contribution >= 4 is 22.7 Å². The summed E-state index contributed by atoms with van der Waals surface area (Å²) in [5, 5.41) is 4.57. The van der Waals surface area contributed by atoms with Gasteiger partial charge in [0.15, 0.2) is 0 Å². The highest BCUT2D eigenvalue weighted by molar-refractivity contribution is 5.86. The Morgan fingerprint density at radius 1 is 0.312 bits per heavy atom. The van der Waals surface area contributed by atoms with E-state index >= 15 is 0 Å². The van der Waals surface area contributed by atoms with Crippen LogP contribution in [0.15, 0.2) is 146 Å². The normalized spacial score (nSPS) is 10.5. The SMILES string of the molecule is c1ccc(-c2ccccc2N(c2ccccc2)N(c2ccccc2)c2ccccc2)cc1. The smallest absolute Gasteiger partial charge is 0.0715 e. The van der Waals surface area contributed by atoms with Crippen molar-refractivity contribution in [2.75, 3.05) is 10.0 Å². The average molecular weight is 413 g/mol. The van der Waals surface area contributed by atoms with Crippen LogP contribution in [0.1, 0.15) is 0 Å². The lowest BCUT2D eigenvalue weighted by Gasteiger charge is -2.39. The van der Waals surface area contributed by atoms with E-state index in [1.165, 1.54) is 11.1 Å². The minimum Gasteiger partial charge on any atom is -0.249 e. The molecule has 0 bridgehead atoms. The van der Waals surface area contributed by atoms with Crippen molar-refractivity contribution in [3.8, 4) is 11.1 Å². The first-order valence-corrected chi connectivity index (χ1v) is 10.8. The second kappa shape index (κ2) is 9.23. The van der Waals surface area contributed by atoms with Crippen LogP contribution in [0.4, 0.5) is 22.7 Å². The Morgan fingerprint density at radius 2 is 0.688 bits per heavy atom. The van der Waals surface area contributed by atoms with Crippen molar-refractivity contribution in [2.45, 2.75) is 0 Å². The molecule has 0 amide bonds. The van der Waals surface area contributed by atoms with Crippen LogP contribution in [0.2, 0.25) is 0 Å². The first-order valence-electron chi connectivity index (χ1n) is 10.8. The Bertz CT molecular complexity index is 1210. The van der Waals surface area contributed by atoms with E-state index in [-0.39, 0.29) is 0 Å². The van der Waals surface area contributed by atoms with Crippen LogP contribution in [0, 0.1) is 0 Å². The van der Waals surface area contributed by atoms with E-state index in [0.29, 0.717) is 0 Å². The topological polar surface area (TPSA) is 6.48 Å². The number of para-hydroxylation sites is 4. The zero-order valence-corrected chi connectivity index (χ0v) is 17.8. The number of nitrogens with zero attached hydrogens (tertiary/aromatic N) is 2. The Kier molecular flexibility index (Phi) is 5.67. The summed E-state index contributed by atoms with van der Waals surface area (Å²) < 4.78 is 0. The lowest BCUT2D eigenvalue weighted by atomic mass is 10.0. The molecule has 0 saturated carbocycles. The summed E-state index contributed by atoms with van der Waals surface area (Å²) in [7, 11) is 0. The molecule has 0 heterocycles. The maximum Gasteiger partial charge on any atom is 0.0715 e. The number of hydrazine groups is 1. The van der Waals surface area contributed by atoms with Gasteiger partial charge in [0.05, 0.1) is 22.7 Å². The maximum absolute atomic E-state index is 2.30. The molecule has 0 N–H and O–H groups in total. The zero-order chi connectivity index (χ0) is 21.6. The molecular weight excluding hydrogens is 388 g/mol. The Hall–Kier alpha value is -4.30. The Labute approximate surface area is 189 Å². The van der Waals surface area contributed by atoms with E-state index in [0.717, 1.165) is 22.7 Å². The van der Waals surface area contributed by atoms with Crippen LogP contribution >= 0.6 is 0 Å². The molecule has 0 spiro atoms. The predicted octanol–water partition coefficient (Wildman–Crippen LogP) is 8.25. The van der Waals surface area contributed by atoms with Gasteiger partial charge in [-0.05, 0) is 48.0 Å². The summed E-state index contributed by atoms with van der Waals surface area (Å²) in [5.74, 6) is 0. The predicted molar refractivity (Wildman–Crippen MR) is 135 cm³/mol. The minimum atomic E-state index is 1.09. The first kappa shape index (κ1) is 19.7. The van der Waals surface area contributed by atoms with Crippen molar-refractivity contribution < 1.29 is 0 Å². The monoisotopic (exact) mass is 412 g/mol. The van der Waals surface area contributed by atoms with Gasteiger partial charge < -0.3 is 0 Å². The quantitative estimate of drug-likeness (QED) is 0.259. The van der Waals surface area contributed by atoms with Crippen LogP contribution in [0.3, 0.4) is 0 Å². The van der Waals surface area contributed by atoms with Gasteiger partial charge in [-0.2, -0.15) is 0 Å². The van der Waals surface area contributed by atoms with Crippen molar-refractivity contribution in [2.24, 2.45) is 0 Å². The number of anilines is 4. The fourth-order valence-electron chi connectivity index (χ4n) is 3.97. The van der Waals surface area contributed by atoms with Gasteiger partial charge in [-0.15, -0.1) is 0 Å². The molecule has 0 unspecified atom stereocenters. The molecule has 0 atom stereocenters. The van der Waals surface area contributed by atoms with Gasteiger partial charge in [0.25, 0.3) is 0 Å². The molecule has 5 rings (SSSR count). The highest BCUT2D eigenvalue weighted by Gasteiger charge is 2.23. The summed E-state index contributed by atoms with van der Waals surface area (Å²) in [6.07, 6.45) is 0. The first-order chi connectivity index (χ1) is 15.9. The third-order valence-corrected chi connectivity index (χ3v) is 5.42. The number of rotatable bonds is 6. The van der Waals surface area contributed by atoms with Gasteiger partial charge in [-0.3, -0.25) is 0 Å². The second-order valence-electron chi connectivity index (χ2n) is 7.51. The van der Waals surface area contributed by atoms with Crippen LogP contribution < -0.4 is 10.0 Å². The van der Waals surface area contributed by atoms with Crippen LogP contribution in [0.25, 0.3) is 11.1 Å². The maximum atomic E-state index is 2.30. The second-order valence-corrected chi connectivity index (χ2v) is 7.51. The summed E-state index contributed by atoms with van der Waals surface area (Å²) >= 11 is 0. The molecule has 5 aromatic carbocycles. The molecule has 2 nitrogen and oxygen atoms in total. The van der Waals surface area contributed by atoms with Gasteiger partial charge in [-0.25, -0.2) is 10.0 Å². The molecule has 5 aromatic rings. The van der Waals surface area contributed by atoms with Crippen LogP contribution in [-0.4, -0.2) is 0 Å². The van der Waals surface area contributed by atoms with Crippen molar-refractivity contribution in [3.63, 3.8) is 0 Å². The summed E-state index contributed by atoms with van der Waals surface area (Å²) in [4.78, 5) is 0. The molecule has 154 valence electrons. The molecule has 32 heavy (non-hydrogen) atoms. The van der Waals surface area contributed by atoms with Gasteiger partial charge in [0.1, 0.15) is 0 Å². The molecule has 0 saturated heterocycles. The summed E-state index contributed by atoms with van der Waals surface area (Å²) in [6.45, 7) is 0. The fraction of sp³-hybridized carbons (Fsp3) is 0. The molecule has 0 fully saturated rings. The number of hydrogen-bond donors (Lipinski definition) is 0. The Balaban J connectivity index is 1.78. The molecule has 0 radical (unpaired) electrons. The van der Waals surface area contributed by atoms with E-state index in [4.69, 9.17) is 0 Å². The summed E-state index contributed by atoms with van der Waals surface area (Å²) in [6, 6.07) is 50.7. The van der Waals surface area contributed by atoms with Crippen molar-refractivity contribution in [1.29, 1.82) is 0 Å². The van der Waals surface area contributed by atoms with Gasteiger partial charge in [0.2, 0.25) is 0 Å². The molecule has 0 aromatic heterocycles. The molecule has 0 aliphatic rings. The van der Waals surface area contributed by atoms with Crippen LogP contribution in [-0.2, 0) is 0 Å². The zero-order valence-electron chi connectivity index (χ0n) is 17.8. The van der Waals surface area contributed by atoms with E-state index < -0.39 is 0 Å². The highest BCUT2D eigenvalue weighted by atomic mass is 15.6. The van der Waals surface area contributed by atoms with Gasteiger partial charge >= 0.3 is 0 Å². The van der Waals surface area contributed by atoms with Crippen LogP contribution in [0.5, 0.6) is 0 Å². The summed E-state index contributed by atoms with van der Waals surface area (Å²) in [5.41, 5.74) is 6.73. The number of hydrogen-bond acceptors (Lipinski definition) is 2. The minimum absolute atomic E-state index is 1.09. The van der Waals surface area contributed by atoms with E-state index in [2.05, 4.69) is 156 Å². The molecular formula is C30H24N2. The lowest BCUT2D eigenvalue weighted by molar-refractivity contribution is 0.991.